The normalized spacial score (nSPS) is 22.2. The van der Waals surface area contributed by atoms with Gasteiger partial charge in [-0.25, -0.2) is 0 Å². The van der Waals surface area contributed by atoms with Crippen LogP contribution in [0.2, 0.25) is 0 Å². The molecule has 1 saturated heterocycles. The van der Waals surface area contributed by atoms with E-state index in [0.717, 1.165) is 0 Å². The fraction of sp³-hybridized carbons (Fsp3) is 0.556. The van der Waals surface area contributed by atoms with Crippen LogP contribution in [-0.2, 0) is 9.59 Å². The molecule has 14 heavy (non-hydrogen) atoms. The highest BCUT2D eigenvalue weighted by Gasteiger charge is 2.29. The minimum atomic E-state index is -0.831. The number of likely N-dealkylation sites (tertiary alicyclic amines) is 1. The molecule has 0 aromatic heterocycles. The lowest BCUT2D eigenvalue weighted by molar-refractivity contribution is -0.147. The standard InChI is InChI=1S/C9H12BrNO3/c1-6(10)4-11-5-7(9(13)14)2-3-8(11)12/h7H,1-5H2,(H,13,14). The highest BCUT2D eigenvalue weighted by atomic mass is 79.9. The van der Waals surface area contributed by atoms with Gasteiger partial charge < -0.3 is 10.0 Å². The number of hydrogen-bond acceptors (Lipinski definition) is 2. The molecule has 5 heteroatoms. The summed E-state index contributed by atoms with van der Waals surface area (Å²) < 4.78 is 0.692. The minimum absolute atomic E-state index is 0.00287. The Bertz CT molecular complexity index is 277. The van der Waals surface area contributed by atoms with Crippen LogP contribution in [0.5, 0.6) is 0 Å². The van der Waals surface area contributed by atoms with Gasteiger partial charge in [-0.05, 0) is 6.42 Å². The fourth-order valence-electron chi connectivity index (χ4n) is 1.48. The molecular weight excluding hydrogens is 250 g/mol. The summed E-state index contributed by atoms with van der Waals surface area (Å²) in [4.78, 5) is 23.6. The largest absolute Gasteiger partial charge is 0.481 e. The molecule has 1 rings (SSSR count). The Kier molecular flexibility index (Phi) is 3.69. The van der Waals surface area contributed by atoms with Gasteiger partial charge in [-0.2, -0.15) is 0 Å². The number of rotatable bonds is 3. The van der Waals surface area contributed by atoms with Crippen LogP contribution in [0.3, 0.4) is 0 Å². The van der Waals surface area contributed by atoms with E-state index in [1.165, 1.54) is 4.90 Å². The zero-order valence-corrected chi connectivity index (χ0v) is 9.29. The smallest absolute Gasteiger partial charge is 0.308 e. The summed E-state index contributed by atoms with van der Waals surface area (Å²) in [7, 11) is 0. The van der Waals surface area contributed by atoms with Crippen molar-refractivity contribution >= 4 is 27.8 Å². The van der Waals surface area contributed by atoms with Gasteiger partial charge in [-0.15, -0.1) is 0 Å². The van der Waals surface area contributed by atoms with Gasteiger partial charge in [0.1, 0.15) is 0 Å². The van der Waals surface area contributed by atoms with E-state index >= 15 is 0 Å². The number of carbonyl (C=O) groups is 2. The molecular formula is C9H12BrNO3. The van der Waals surface area contributed by atoms with E-state index in [0.29, 0.717) is 30.4 Å². The Morgan fingerprint density at radius 2 is 2.36 bits per heavy atom. The first-order chi connectivity index (χ1) is 6.50. The average molecular weight is 262 g/mol. The monoisotopic (exact) mass is 261 g/mol. The lowest BCUT2D eigenvalue weighted by Crippen LogP contribution is -2.42. The van der Waals surface area contributed by atoms with Crippen molar-refractivity contribution < 1.29 is 14.7 Å². The molecule has 1 aliphatic heterocycles. The Labute approximate surface area is 90.7 Å². The summed E-state index contributed by atoms with van der Waals surface area (Å²) in [6.07, 6.45) is 0.761. The first-order valence-corrected chi connectivity index (χ1v) is 5.14. The molecule has 0 saturated carbocycles. The number of piperidine rings is 1. The van der Waals surface area contributed by atoms with E-state index in [9.17, 15) is 9.59 Å². The van der Waals surface area contributed by atoms with Gasteiger partial charge in [0.05, 0.1) is 12.5 Å². The number of nitrogens with zero attached hydrogens (tertiary/aromatic N) is 1. The van der Waals surface area contributed by atoms with E-state index in [-0.39, 0.29) is 5.91 Å². The van der Waals surface area contributed by atoms with Crippen LogP contribution in [-0.4, -0.2) is 35.0 Å². The summed E-state index contributed by atoms with van der Waals surface area (Å²) >= 11 is 3.16. The molecule has 1 atom stereocenters. The van der Waals surface area contributed by atoms with Crippen molar-refractivity contribution in [3.63, 3.8) is 0 Å². The lowest BCUT2D eigenvalue weighted by atomic mass is 9.98. The van der Waals surface area contributed by atoms with Crippen molar-refractivity contribution in [3.8, 4) is 0 Å². The van der Waals surface area contributed by atoms with Crippen molar-refractivity contribution in [2.45, 2.75) is 12.8 Å². The summed E-state index contributed by atoms with van der Waals surface area (Å²) in [5.74, 6) is -1.26. The number of carbonyl (C=O) groups excluding carboxylic acids is 1. The molecule has 0 spiro atoms. The summed E-state index contributed by atoms with van der Waals surface area (Å²) in [6, 6.07) is 0. The third-order valence-corrected chi connectivity index (χ3v) is 2.46. The Morgan fingerprint density at radius 1 is 1.71 bits per heavy atom. The first kappa shape index (κ1) is 11.2. The van der Waals surface area contributed by atoms with E-state index in [4.69, 9.17) is 5.11 Å². The fourth-order valence-corrected chi connectivity index (χ4v) is 1.78. The molecule has 1 aliphatic rings. The van der Waals surface area contributed by atoms with Gasteiger partial charge >= 0.3 is 5.97 Å². The van der Waals surface area contributed by atoms with Crippen LogP contribution in [0.25, 0.3) is 0 Å². The highest BCUT2D eigenvalue weighted by Crippen LogP contribution is 2.19. The van der Waals surface area contributed by atoms with E-state index < -0.39 is 11.9 Å². The van der Waals surface area contributed by atoms with E-state index in [2.05, 4.69) is 22.5 Å². The topological polar surface area (TPSA) is 57.6 Å². The van der Waals surface area contributed by atoms with Crippen LogP contribution in [0.4, 0.5) is 0 Å². The molecule has 0 radical (unpaired) electrons. The zero-order chi connectivity index (χ0) is 10.7. The second-order valence-electron chi connectivity index (χ2n) is 3.37. The Balaban J connectivity index is 2.59. The maximum atomic E-state index is 11.4. The van der Waals surface area contributed by atoms with Crippen LogP contribution >= 0.6 is 15.9 Å². The zero-order valence-electron chi connectivity index (χ0n) is 7.70. The maximum Gasteiger partial charge on any atom is 0.308 e. The SMILES string of the molecule is C=C(Br)CN1CC(C(=O)O)CCC1=O. The van der Waals surface area contributed by atoms with Gasteiger partial charge in [0.25, 0.3) is 0 Å². The molecule has 0 aliphatic carbocycles. The van der Waals surface area contributed by atoms with E-state index in [1.54, 1.807) is 0 Å². The predicted molar refractivity (Wildman–Crippen MR) is 55.0 cm³/mol. The van der Waals surface area contributed by atoms with Gasteiger partial charge in [0.15, 0.2) is 0 Å². The number of aliphatic carboxylic acids is 1. The molecule has 1 fully saturated rings. The van der Waals surface area contributed by atoms with Crippen LogP contribution in [0.15, 0.2) is 11.1 Å². The van der Waals surface area contributed by atoms with Crippen LogP contribution in [0, 0.1) is 5.92 Å². The molecule has 1 amide bonds. The van der Waals surface area contributed by atoms with Crippen LogP contribution < -0.4 is 0 Å². The molecule has 1 unspecified atom stereocenters. The van der Waals surface area contributed by atoms with Crippen molar-refractivity contribution in [3.05, 3.63) is 11.1 Å². The molecule has 4 nitrogen and oxygen atoms in total. The Hall–Kier alpha value is -0.840. The summed E-state index contributed by atoms with van der Waals surface area (Å²) in [6.45, 7) is 4.31. The van der Waals surface area contributed by atoms with Gasteiger partial charge in [0, 0.05) is 17.4 Å². The highest BCUT2D eigenvalue weighted by molar-refractivity contribution is 9.11. The molecule has 0 aromatic rings. The van der Waals surface area contributed by atoms with Crippen LogP contribution in [0.1, 0.15) is 12.8 Å². The molecule has 0 bridgehead atoms. The maximum absolute atomic E-state index is 11.4. The Morgan fingerprint density at radius 3 is 2.86 bits per heavy atom. The second kappa shape index (κ2) is 4.59. The third kappa shape index (κ3) is 2.83. The van der Waals surface area contributed by atoms with Crippen molar-refractivity contribution in [1.29, 1.82) is 0 Å². The summed E-state index contributed by atoms with van der Waals surface area (Å²) in [5, 5.41) is 8.80. The van der Waals surface area contributed by atoms with Crippen molar-refractivity contribution in [1.82, 2.24) is 4.90 Å². The number of carboxylic acids is 1. The predicted octanol–water partition coefficient (Wildman–Crippen LogP) is 1.22. The lowest BCUT2D eigenvalue weighted by Gasteiger charge is -2.30. The van der Waals surface area contributed by atoms with Crippen molar-refractivity contribution in [2.75, 3.05) is 13.1 Å². The quantitative estimate of drug-likeness (QED) is 0.831. The van der Waals surface area contributed by atoms with Gasteiger partial charge in [-0.1, -0.05) is 22.5 Å². The van der Waals surface area contributed by atoms with Gasteiger partial charge in [-0.3, -0.25) is 9.59 Å². The molecule has 1 heterocycles. The van der Waals surface area contributed by atoms with Gasteiger partial charge in [0.2, 0.25) is 5.91 Å². The number of hydrogen-bond donors (Lipinski definition) is 1. The van der Waals surface area contributed by atoms with Crippen molar-refractivity contribution in [2.24, 2.45) is 5.92 Å². The average Bonchev–Trinajstić information content (AvgIpc) is 2.07. The molecule has 78 valence electrons. The number of carboxylic acid groups (broad SMARTS) is 1. The molecule has 1 N–H and O–H groups in total. The second-order valence-corrected chi connectivity index (χ2v) is 4.49. The number of amides is 1. The summed E-state index contributed by atoms with van der Waals surface area (Å²) in [5.41, 5.74) is 0. The first-order valence-electron chi connectivity index (χ1n) is 4.34. The minimum Gasteiger partial charge on any atom is -0.481 e. The number of halogens is 1. The van der Waals surface area contributed by atoms with E-state index in [1.807, 2.05) is 0 Å². The molecule has 0 aromatic carbocycles. The third-order valence-electron chi connectivity index (χ3n) is 2.21.